The first-order valence-electron chi connectivity index (χ1n) is 7.63. The Bertz CT molecular complexity index is 873. The van der Waals surface area contributed by atoms with Crippen LogP contribution in [0.3, 0.4) is 0 Å². The van der Waals surface area contributed by atoms with Crippen LogP contribution in [0.5, 0.6) is 17.2 Å². The van der Waals surface area contributed by atoms with Gasteiger partial charge in [-0.2, -0.15) is 0 Å². The predicted octanol–water partition coefficient (Wildman–Crippen LogP) is 2.83. The fraction of sp³-hybridized carbons (Fsp3) is 0.222. The molecule has 2 N–H and O–H groups in total. The molecule has 2 aromatic carbocycles. The molecule has 0 saturated carbocycles. The summed E-state index contributed by atoms with van der Waals surface area (Å²) in [5.41, 5.74) is 1.79. The Balaban J connectivity index is 1.86. The van der Waals surface area contributed by atoms with Gasteiger partial charge in [0.1, 0.15) is 35.3 Å². The first kappa shape index (κ1) is 16.6. The van der Waals surface area contributed by atoms with Crippen molar-refractivity contribution in [3.05, 3.63) is 48.3 Å². The van der Waals surface area contributed by atoms with E-state index in [0.29, 0.717) is 33.8 Å². The summed E-state index contributed by atoms with van der Waals surface area (Å²) in [7, 11) is 3.13. The van der Waals surface area contributed by atoms with E-state index in [1.165, 1.54) is 6.33 Å². The van der Waals surface area contributed by atoms with E-state index in [1.807, 2.05) is 0 Å². The second kappa shape index (κ2) is 7.12. The third kappa shape index (κ3) is 3.35. The van der Waals surface area contributed by atoms with Crippen LogP contribution in [0.4, 0.5) is 0 Å². The second-order valence-corrected chi connectivity index (χ2v) is 5.36. The first-order chi connectivity index (χ1) is 12.1. The molecule has 7 nitrogen and oxygen atoms in total. The van der Waals surface area contributed by atoms with E-state index >= 15 is 0 Å². The van der Waals surface area contributed by atoms with Crippen LogP contribution in [0.2, 0.25) is 0 Å². The maximum atomic E-state index is 11.8. The van der Waals surface area contributed by atoms with Crippen LogP contribution >= 0.6 is 0 Å². The van der Waals surface area contributed by atoms with Crippen LogP contribution in [-0.4, -0.2) is 41.9 Å². The quantitative estimate of drug-likeness (QED) is 0.686. The number of hydrogen-bond donors (Lipinski definition) is 2. The second-order valence-electron chi connectivity index (χ2n) is 5.36. The fourth-order valence-corrected chi connectivity index (χ4v) is 2.63. The summed E-state index contributed by atoms with van der Waals surface area (Å²) in [5.74, 6) is 0.0348. The van der Waals surface area contributed by atoms with Crippen LogP contribution in [-0.2, 0) is 4.79 Å². The summed E-state index contributed by atoms with van der Waals surface area (Å²) in [6.07, 6.45) is 1.51. The number of hydrogen-bond acceptors (Lipinski definition) is 5. The van der Waals surface area contributed by atoms with Crippen molar-refractivity contribution in [2.45, 2.75) is 5.92 Å². The summed E-state index contributed by atoms with van der Waals surface area (Å²) >= 11 is 0. The lowest BCUT2D eigenvalue weighted by Crippen LogP contribution is -2.20. The molecule has 0 saturated heterocycles. The number of imidazole rings is 1. The summed E-state index contributed by atoms with van der Waals surface area (Å²) in [6.45, 7) is -0.0179. The van der Waals surface area contributed by atoms with Crippen molar-refractivity contribution in [3.63, 3.8) is 0 Å². The normalized spacial score (nSPS) is 11.9. The molecule has 0 aliphatic rings. The molecule has 0 bridgehead atoms. The van der Waals surface area contributed by atoms with Crippen LogP contribution in [0, 0.1) is 0 Å². The van der Waals surface area contributed by atoms with Gasteiger partial charge in [-0.05, 0) is 35.9 Å². The van der Waals surface area contributed by atoms with Crippen LogP contribution in [0.1, 0.15) is 11.5 Å². The average Bonchev–Trinajstić information content (AvgIpc) is 3.12. The largest absolute Gasteiger partial charge is 0.497 e. The Morgan fingerprint density at radius 2 is 1.84 bits per heavy atom. The molecule has 3 aromatic rings. The van der Waals surface area contributed by atoms with Crippen LogP contribution in [0.15, 0.2) is 42.7 Å². The molecule has 7 heteroatoms. The molecule has 25 heavy (non-hydrogen) atoms. The summed E-state index contributed by atoms with van der Waals surface area (Å²) in [5, 5.41) is 9.64. The number of carboxylic acids is 1. The van der Waals surface area contributed by atoms with Gasteiger partial charge in [0.05, 0.1) is 26.1 Å². The Labute approximate surface area is 144 Å². The van der Waals surface area contributed by atoms with Crippen molar-refractivity contribution in [2.75, 3.05) is 20.8 Å². The number of fused-ring (bicyclic) bond motifs is 1. The molecule has 0 aliphatic carbocycles. The Morgan fingerprint density at radius 1 is 1.12 bits per heavy atom. The van der Waals surface area contributed by atoms with Gasteiger partial charge >= 0.3 is 5.97 Å². The van der Waals surface area contributed by atoms with Crippen molar-refractivity contribution in [1.82, 2.24) is 9.97 Å². The average molecular weight is 342 g/mol. The van der Waals surface area contributed by atoms with Gasteiger partial charge < -0.3 is 24.3 Å². The molecule has 0 amide bonds. The van der Waals surface area contributed by atoms with E-state index in [-0.39, 0.29) is 6.61 Å². The predicted molar refractivity (Wildman–Crippen MR) is 91.5 cm³/mol. The molecule has 0 radical (unpaired) electrons. The van der Waals surface area contributed by atoms with Crippen molar-refractivity contribution in [2.24, 2.45) is 0 Å². The van der Waals surface area contributed by atoms with Gasteiger partial charge in [0.25, 0.3) is 0 Å². The van der Waals surface area contributed by atoms with Crippen molar-refractivity contribution in [1.29, 1.82) is 0 Å². The van der Waals surface area contributed by atoms with Gasteiger partial charge in [-0.1, -0.05) is 6.07 Å². The minimum absolute atomic E-state index is 0.0179. The zero-order valence-electron chi connectivity index (χ0n) is 13.9. The van der Waals surface area contributed by atoms with E-state index in [9.17, 15) is 9.90 Å². The standard InChI is InChI=1S/C18H18N2O5/c1-23-11-3-5-12(6-4-11)25-9-14(18(21)22)13-7-8-15(24-2)17-16(13)19-10-20-17/h3-8,10,14H,9H2,1-2H3,(H,19,20)(H,21,22). The van der Waals surface area contributed by atoms with E-state index < -0.39 is 11.9 Å². The zero-order chi connectivity index (χ0) is 17.8. The molecular formula is C18H18N2O5. The number of nitrogens with zero attached hydrogens (tertiary/aromatic N) is 1. The maximum Gasteiger partial charge on any atom is 0.314 e. The maximum absolute atomic E-state index is 11.8. The monoisotopic (exact) mass is 342 g/mol. The lowest BCUT2D eigenvalue weighted by molar-refractivity contribution is -0.139. The topological polar surface area (TPSA) is 93.7 Å². The Kier molecular flexibility index (Phi) is 4.74. The minimum atomic E-state index is -0.983. The van der Waals surface area contributed by atoms with E-state index in [4.69, 9.17) is 14.2 Å². The molecule has 0 spiro atoms. The molecule has 1 heterocycles. The number of H-pyrrole nitrogens is 1. The van der Waals surface area contributed by atoms with Crippen molar-refractivity contribution in [3.8, 4) is 17.2 Å². The van der Waals surface area contributed by atoms with Gasteiger partial charge in [0, 0.05) is 0 Å². The molecule has 3 rings (SSSR count). The fourth-order valence-electron chi connectivity index (χ4n) is 2.63. The van der Waals surface area contributed by atoms with Gasteiger partial charge in [0.2, 0.25) is 0 Å². The lowest BCUT2D eigenvalue weighted by atomic mass is 9.98. The lowest BCUT2D eigenvalue weighted by Gasteiger charge is -2.15. The van der Waals surface area contributed by atoms with Crippen LogP contribution < -0.4 is 14.2 Å². The molecular weight excluding hydrogens is 324 g/mol. The van der Waals surface area contributed by atoms with Gasteiger partial charge in [0.15, 0.2) is 0 Å². The smallest absolute Gasteiger partial charge is 0.314 e. The summed E-state index contributed by atoms with van der Waals surface area (Å²) < 4.78 is 16.0. The number of ether oxygens (including phenoxy) is 3. The van der Waals surface area contributed by atoms with Crippen molar-refractivity contribution >= 4 is 17.0 Å². The molecule has 1 aromatic heterocycles. The Hall–Kier alpha value is -3.22. The van der Waals surface area contributed by atoms with Gasteiger partial charge in [-0.3, -0.25) is 4.79 Å². The van der Waals surface area contributed by atoms with Crippen molar-refractivity contribution < 1.29 is 24.1 Å². The Morgan fingerprint density at radius 3 is 2.48 bits per heavy atom. The number of nitrogens with one attached hydrogen (secondary N) is 1. The number of benzene rings is 2. The highest BCUT2D eigenvalue weighted by Crippen LogP contribution is 2.31. The third-order valence-electron chi connectivity index (χ3n) is 3.94. The molecule has 0 aliphatic heterocycles. The van der Waals surface area contributed by atoms with Crippen LogP contribution in [0.25, 0.3) is 11.0 Å². The number of aromatic amines is 1. The minimum Gasteiger partial charge on any atom is -0.497 e. The van der Waals surface area contributed by atoms with E-state index in [1.54, 1.807) is 50.6 Å². The summed E-state index contributed by atoms with van der Waals surface area (Å²) in [6, 6.07) is 10.4. The van der Waals surface area contributed by atoms with Gasteiger partial charge in [-0.15, -0.1) is 0 Å². The highest BCUT2D eigenvalue weighted by atomic mass is 16.5. The number of methoxy groups -OCH3 is 2. The first-order valence-corrected chi connectivity index (χ1v) is 7.63. The number of carboxylic acid groups (broad SMARTS) is 1. The molecule has 130 valence electrons. The molecule has 0 fully saturated rings. The molecule has 1 unspecified atom stereocenters. The van der Waals surface area contributed by atoms with E-state index in [2.05, 4.69) is 9.97 Å². The number of carbonyl (C=O) groups is 1. The molecule has 1 atom stereocenters. The summed E-state index contributed by atoms with van der Waals surface area (Å²) in [4.78, 5) is 19.0. The SMILES string of the molecule is COc1ccc(OCC(C(=O)O)c2ccc(OC)c3[nH]cnc23)cc1. The van der Waals surface area contributed by atoms with Gasteiger partial charge in [-0.25, -0.2) is 4.98 Å². The third-order valence-corrected chi connectivity index (χ3v) is 3.94. The number of aliphatic carboxylic acids is 1. The van der Waals surface area contributed by atoms with E-state index in [0.717, 1.165) is 0 Å². The highest BCUT2D eigenvalue weighted by Gasteiger charge is 2.25. The zero-order valence-corrected chi connectivity index (χ0v) is 13.9. The number of rotatable bonds is 7. The number of aromatic nitrogens is 2. The highest BCUT2D eigenvalue weighted by molar-refractivity contribution is 5.89.